The van der Waals surface area contributed by atoms with Crippen LogP contribution in [-0.4, -0.2) is 71.0 Å². The van der Waals surface area contributed by atoms with E-state index in [0.29, 0.717) is 23.4 Å². The molecular formula is C29H33ClF5N7O. The van der Waals surface area contributed by atoms with E-state index in [2.05, 4.69) is 20.2 Å². The SMILES string of the molecule is NCCCC1CCN(c2ccc3c(C(=O)NCC(c4cnc(C(F)(F)F)nc4)N4CCC(F)(F)CC4)c(Cl)ccc3n2)C1. The fraction of sp³-hybridized carbons (Fsp3) is 0.517. The number of anilines is 1. The van der Waals surface area contributed by atoms with Gasteiger partial charge in [-0.05, 0) is 56.0 Å². The van der Waals surface area contributed by atoms with E-state index in [0.717, 1.165) is 50.6 Å². The molecule has 5 rings (SSSR count). The zero-order valence-electron chi connectivity index (χ0n) is 23.4. The number of carbonyl (C=O) groups is 1. The standard InChI is InChI=1S/C29H33ClF5N7O/c30-21-4-5-22-20(3-6-24(40-22)42-11-7-18(17-42)2-1-10-36)25(21)26(43)37-16-23(41-12-8-28(31,32)9-13-41)19-14-38-27(39-15-19)29(33,34)35/h3-6,14-15,18,23H,1-2,7-13,16-17,36H2,(H,37,43). The molecule has 2 unspecified atom stereocenters. The highest BCUT2D eigenvalue weighted by Crippen LogP contribution is 2.34. The lowest BCUT2D eigenvalue weighted by Crippen LogP contribution is -2.45. The smallest absolute Gasteiger partial charge is 0.356 e. The molecule has 2 saturated heterocycles. The highest BCUT2D eigenvalue weighted by atomic mass is 35.5. The Labute approximate surface area is 250 Å². The predicted molar refractivity (Wildman–Crippen MR) is 153 cm³/mol. The molecule has 0 spiro atoms. The molecule has 8 nitrogen and oxygen atoms in total. The van der Waals surface area contributed by atoms with Crippen LogP contribution in [-0.2, 0) is 6.18 Å². The Kier molecular flexibility index (Phi) is 9.33. The van der Waals surface area contributed by atoms with E-state index in [1.54, 1.807) is 23.1 Å². The molecule has 0 aliphatic carbocycles. The van der Waals surface area contributed by atoms with Crippen LogP contribution in [0.15, 0.2) is 36.7 Å². The number of pyridine rings is 1. The second-order valence-electron chi connectivity index (χ2n) is 11.1. The predicted octanol–water partition coefficient (Wildman–Crippen LogP) is 5.46. The van der Waals surface area contributed by atoms with Gasteiger partial charge in [0.1, 0.15) is 5.82 Å². The van der Waals surface area contributed by atoms with Crippen LogP contribution in [0.4, 0.5) is 27.8 Å². The summed E-state index contributed by atoms with van der Waals surface area (Å²) in [5, 5.41) is 3.55. The van der Waals surface area contributed by atoms with Crippen LogP contribution in [0.25, 0.3) is 10.9 Å². The van der Waals surface area contributed by atoms with Crippen LogP contribution in [0.2, 0.25) is 5.02 Å². The number of nitrogens with two attached hydrogens (primary N) is 1. The van der Waals surface area contributed by atoms with E-state index < -0.39 is 42.7 Å². The molecule has 3 N–H and O–H groups in total. The van der Waals surface area contributed by atoms with E-state index in [1.165, 1.54) is 0 Å². The largest absolute Gasteiger partial charge is 0.451 e. The maximum absolute atomic E-state index is 13.9. The summed E-state index contributed by atoms with van der Waals surface area (Å²) < 4.78 is 66.9. The van der Waals surface area contributed by atoms with Crippen LogP contribution in [0, 0.1) is 5.92 Å². The molecule has 2 aliphatic rings. The molecule has 2 aromatic heterocycles. The lowest BCUT2D eigenvalue weighted by atomic mass is 10.0. The van der Waals surface area contributed by atoms with Crippen molar-refractivity contribution in [2.24, 2.45) is 11.7 Å². The van der Waals surface area contributed by atoms with Crippen LogP contribution in [0.1, 0.15) is 59.9 Å². The number of carbonyl (C=O) groups excluding carboxylic acids is 1. The molecule has 2 aliphatic heterocycles. The van der Waals surface area contributed by atoms with Gasteiger partial charge in [0.2, 0.25) is 5.82 Å². The topological polar surface area (TPSA) is 100 Å². The van der Waals surface area contributed by atoms with Gasteiger partial charge in [-0.2, -0.15) is 13.2 Å². The molecule has 4 heterocycles. The zero-order valence-corrected chi connectivity index (χ0v) is 24.1. The van der Waals surface area contributed by atoms with E-state index in [9.17, 15) is 26.7 Å². The van der Waals surface area contributed by atoms with Crippen molar-refractivity contribution >= 4 is 34.2 Å². The van der Waals surface area contributed by atoms with E-state index in [1.807, 2.05) is 6.07 Å². The number of hydrogen-bond donors (Lipinski definition) is 2. The summed E-state index contributed by atoms with van der Waals surface area (Å²) in [5.74, 6) is -3.29. The van der Waals surface area contributed by atoms with Gasteiger partial charge in [0.25, 0.3) is 11.8 Å². The summed E-state index contributed by atoms with van der Waals surface area (Å²) >= 11 is 6.48. The molecule has 2 fully saturated rings. The molecule has 3 aromatic rings. The number of aromatic nitrogens is 3. The number of amides is 1. The van der Waals surface area contributed by atoms with Crippen molar-refractivity contribution in [1.82, 2.24) is 25.2 Å². The minimum atomic E-state index is -4.73. The van der Waals surface area contributed by atoms with Crippen molar-refractivity contribution in [1.29, 1.82) is 0 Å². The summed E-state index contributed by atoms with van der Waals surface area (Å²) in [6.07, 6.45) is -0.385. The first-order valence-electron chi connectivity index (χ1n) is 14.3. The second kappa shape index (κ2) is 12.8. The quantitative estimate of drug-likeness (QED) is 0.305. The molecule has 1 aromatic carbocycles. The average Bonchev–Trinajstić information content (AvgIpc) is 3.45. The third-order valence-corrected chi connectivity index (χ3v) is 8.51. The fourth-order valence-corrected chi connectivity index (χ4v) is 6.06. The normalized spacial score (nSPS) is 20.0. The first-order valence-corrected chi connectivity index (χ1v) is 14.7. The Morgan fingerprint density at radius 1 is 1.12 bits per heavy atom. The van der Waals surface area contributed by atoms with Crippen molar-refractivity contribution in [2.75, 3.05) is 44.2 Å². The number of likely N-dealkylation sites (tertiary alicyclic amines) is 1. The van der Waals surface area contributed by atoms with Gasteiger partial charge in [-0.25, -0.2) is 23.7 Å². The van der Waals surface area contributed by atoms with Crippen molar-refractivity contribution in [3.8, 4) is 0 Å². The van der Waals surface area contributed by atoms with Gasteiger partial charge < -0.3 is 16.0 Å². The van der Waals surface area contributed by atoms with E-state index >= 15 is 0 Å². The molecular weight excluding hydrogens is 593 g/mol. The number of fused-ring (bicyclic) bond motifs is 1. The summed E-state index contributed by atoms with van der Waals surface area (Å²) in [7, 11) is 0. The van der Waals surface area contributed by atoms with Gasteiger partial charge in [0.05, 0.1) is 22.1 Å². The molecule has 0 radical (unpaired) electrons. The Balaban J connectivity index is 1.35. The lowest BCUT2D eigenvalue weighted by Gasteiger charge is -2.37. The molecule has 0 bridgehead atoms. The summed E-state index contributed by atoms with van der Waals surface area (Å²) in [6.45, 7) is 2.32. The molecule has 0 saturated carbocycles. The maximum atomic E-state index is 13.9. The number of nitrogens with zero attached hydrogens (tertiary/aromatic N) is 5. The van der Waals surface area contributed by atoms with Crippen LogP contribution >= 0.6 is 11.6 Å². The molecule has 14 heteroatoms. The Morgan fingerprint density at radius 3 is 2.51 bits per heavy atom. The number of benzene rings is 1. The van der Waals surface area contributed by atoms with Crippen LogP contribution in [0.3, 0.4) is 0 Å². The van der Waals surface area contributed by atoms with Gasteiger partial charge in [0.15, 0.2) is 0 Å². The number of alkyl halides is 5. The second-order valence-corrected chi connectivity index (χ2v) is 11.6. The van der Waals surface area contributed by atoms with Crippen molar-refractivity contribution in [2.45, 2.75) is 50.2 Å². The van der Waals surface area contributed by atoms with Gasteiger partial charge >= 0.3 is 6.18 Å². The fourth-order valence-electron chi connectivity index (χ4n) is 5.81. The molecule has 2 atom stereocenters. The third-order valence-electron chi connectivity index (χ3n) is 8.20. The number of rotatable bonds is 9. The summed E-state index contributed by atoms with van der Waals surface area (Å²) in [6, 6.07) is 6.27. The number of hydrogen-bond acceptors (Lipinski definition) is 7. The first-order chi connectivity index (χ1) is 20.4. The minimum absolute atomic E-state index is 0.0140. The number of halogens is 6. The highest BCUT2D eigenvalue weighted by Gasteiger charge is 2.38. The van der Waals surface area contributed by atoms with Gasteiger partial charge in [-0.15, -0.1) is 0 Å². The summed E-state index contributed by atoms with van der Waals surface area (Å²) in [4.78, 5) is 29.1. The zero-order chi connectivity index (χ0) is 30.8. The molecule has 232 valence electrons. The Morgan fingerprint density at radius 2 is 1.84 bits per heavy atom. The monoisotopic (exact) mass is 625 g/mol. The van der Waals surface area contributed by atoms with Gasteiger partial charge in [-0.3, -0.25) is 9.69 Å². The maximum Gasteiger partial charge on any atom is 0.451 e. The first kappa shape index (κ1) is 31.3. The molecule has 1 amide bonds. The minimum Gasteiger partial charge on any atom is -0.356 e. The van der Waals surface area contributed by atoms with Crippen molar-refractivity contribution in [3.63, 3.8) is 0 Å². The third kappa shape index (κ3) is 7.32. The van der Waals surface area contributed by atoms with Crippen molar-refractivity contribution in [3.05, 3.63) is 58.6 Å². The lowest BCUT2D eigenvalue weighted by molar-refractivity contribution is -0.145. The average molecular weight is 626 g/mol. The van der Waals surface area contributed by atoms with Crippen LogP contribution < -0.4 is 16.0 Å². The van der Waals surface area contributed by atoms with E-state index in [-0.39, 0.29) is 35.8 Å². The Bertz CT molecular complexity index is 1430. The van der Waals surface area contributed by atoms with E-state index in [4.69, 9.17) is 22.3 Å². The molecule has 43 heavy (non-hydrogen) atoms. The van der Waals surface area contributed by atoms with Crippen molar-refractivity contribution < 1.29 is 26.7 Å². The van der Waals surface area contributed by atoms with Gasteiger partial charge in [-0.1, -0.05) is 11.6 Å². The summed E-state index contributed by atoms with van der Waals surface area (Å²) in [5.41, 5.74) is 6.71. The number of piperidine rings is 1. The van der Waals surface area contributed by atoms with Gasteiger partial charge in [0, 0.05) is 68.9 Å². The highest BCUT2D eigenvalue weighted by molar-refractivity contribution is 6.35. The Hall–Kier alpha value is -3.16. The van der Waals surface area contributed by atoms with Crippen LogP contribution in [0.5, 0.6) is 0 Å². The number of nitrogens with one attached hydrogen (secondary N) is 1.